The van der Waals surface area contributed by atoms with Gasteiger partial charge in [0.2, 0.25) is 0 Å². The predicted octanol–water partition coefficient (Wildman–Crippen LogP) is 5.26. The Bertz CT molecular complexity index is 901. The zero-order valence-corrected chi connectivity index (χ0v) is 15.5. The van der Waals surface area contributed by atoms with Crippen LogP contribution < -0.4 is 0 Å². The van der Waals surface area contributed by atoms with Gasteiger partial charge in [-0.05, 0) is 61.2 Å². The van der Waals surface area contributed by atoms with E-state index in [9.17, 15) is 5.11 Å². The van der Waals surface area contributed by atoms with Crippen molar-refractivity contribution in [3.63, 3.8) is 0 Å². The Morgan fingerprint density at radius 1 is 1.24 bits per heavy atom. The molecule has 3 aliphatic rings. The van der Waals surface area contributed by atoms with E-state index in [0.29, 0.717) is 6.42 Å². The largest absolute Gasteiger partial charge is 0.393 e. The zero-order chi connectivity index (χ0) is 17.4. The summed E-state index contributed by atoms with van der Waals surface area (Å²) in [5.41, 5.74) is 3.44. The van der Waals surface area contributed by atoms with Crippen LogP contribution in [0.1, 0.15) is 25.0 Å². The van der Waals surface area contributed by atoms with Crippen LogP contribution in [-0.4, -0.2) is 20.8 Å². The summed E-state index contributed by atoms with van der Waals surface area (Å²) < 4.78 is 2.06. The van der Waals surface area contributed by atoms with E-state index >= 15 is 0 Å². The summed E-state index contributed by atoms with van der Waals surface area (Å²) in [6.07, 6.45) is 6.30. The molecule has 1 aliphatic carbocycles. The molecule has 0 radical (unpaired) electrons. The number of hydrogen-bond acceptors (Lipinski definition) is 3. The molecule has 1 aromatic rings. The number of pyridine rings is 1. The van der Waals surface area contributed by atoms with Crippen LogP contribution in [0.4, 0.5) is 0 Å². The second kappa shape index (κ2) is 6.87. The van der Waals surface area contributed by atoms with E-state index in [4.69, 9.17) is 16.6 Å². The van der Waals surface area contributed by atoms with E-state index in [-0.39, 0.29) is 6.10 Å². The molecule has 25 heavy (non-hydrogen) atoms. The Hall–Kier alpha value is -1.75. The first kappa shape index (κ1) is 16.7. The molecule has 1 unspecified atom stereocenters. The smallest absolute Gasteiger partial charge is 0.141 e. The molecule has 0 spiro atoms. The Morgan fingerprint density at radius 3 is 2.76 bits per heavy atom. The number of fused-ring (bicyclic) bond motifs is 1. The fourth-order valence-corrected chi connectivity index (χ4v) is 4.36. The van der Waals surface area contributed by atoms with Gasteiger partial charge in [-0.25, -0.2) is 4.98 Å². The topological polar surface area (TPSA) is 38.0 Å². The molecule has 0 saturated carbocycles. The van der Waals surface area contributed by atoms with E-state index in [1.807, 2.05) is 37.5 Å². The summed E-state index contributed by atoms with van der Waals surface area (Å²) in [5, 5.41) is 10.5. The van der Waals surface area contributed by atoms with E-state index in [2.05, 4.69) is 22.8 Å². The Kier molecular flexibility index (Phi) is 4.59. The molecule has 0 bridgehead atoms. The Balaban J connectivity index is 1.81. The summed E-state index contributed by atoms with van der Waals surface area (Å²) in [6, 6.07) is 12.1. The SMILES string of the molecule is Cn1cccc2c(Sc3ccc(Cl)cc3)c(C3=CCC(O)CC3)nc1-2. The lowest BCUT2D eigenvalue weighted by atomic mass is 9.95. The molecular weight excluding hydrogens is 352 g/mol. The highest BCUT2D eigenvalue weighted by atomic mass is 35.5. The second-order valence-electron chi connectivity index (χ2n) is 6.36. The van der Waals surface area contributed by atoms with Gasteiger partial charge in [0.05, 0.1) is 11.8 Å². The van der Waals surface area contributed by atoms with Crippen molar-refractivity contribution in [1.82, 2.24) is 9.55 Å². The van der Waals surface area contributed by atoms with Crippen LogP contribution in [0.15, 0.2) is 58.5 Å². The van der Waals surface area contributed by atoms with Crippen molar-refractivity contribution in [3.8, 4) is 11.4 Å². The van der Waals surface area contributed by atoms with Crippen molar-refractivity contribution < 1.29 is 5.11 Å². The Morgan fingerprint density at radius 2 is 2.04 bits per heavy atom. The molecule has 1 aromatic carbocycles. The van der Waals surface area contributed by atoms with E-state index < -0.39 is 0 Å². The highest BCUT2D eigenvalue weighted by Crippen LogP contribution is 2.44. The van der Waals surface area contributed by atoms with Crippen molar-refractivity contribution in [2.24, 2.45) is 7.05 Å². The normalized spacial score (nSPS) is 17.7. The minimum atomic E-state index is -0.225. The monoisotopic (exact) mass is 370 g/mol. The first-order chi connectivity index (χ1) is 12.1. The average Bonchev–Trinajstić information content (AvgIpc) is 2.98. The van der Waals surface area contributed by atoms with Gasteiger partial charge < -0.3 is 9.67 Å². The number of rotatable bonds is 3. The molecule has 4 rings (SSSR count). The highest BCUT2D eigenvalue weighted by molar-refractivity contribution is 7.99. The van der Waals surface area contributed by atoms with E-state index in [1.54, 1.807) is 11.8 Å². The molecule has 1 N–H and O–H groups in total. The minimum absolute atomic E-state index is 0.225. The third-order valence-corrected chi connectivity index (χ3v) is 5.92. The van der Waals surface area contributed by atoms with Crippen LogP contribution >= 0.6 is 23.4 Å². The van der Waals surface area contributed by atoms with Crippen molar-refractivity contribution >= 4 is 28.9 Å². The highest BCUT2D eigenvalue weighted by Gasteiger charge is 2.24. The van der Waals surface area contributed by atoms with Gasteiger partial charge in [-0.2, -0.15) is 0 Å². The third kappa shape index (κ3) is 3.34. The predicted molar refractivity (Wildman–Crippen MR) is 103 cm³/mol. The number of aliphatic hydroxyl groups is 1. The van der Waals surface area contributed by atoms with Crippen molar-refractivity contribution in [2.75, 3.05) is 0 Å². The van der Waals surface area contributed by atoms with E-state index in [0.717, 1.165) is 39.8 Å². The maximum absolute atomic E-state index is 9.80. The quantitative estimate of drug-likeness (QED) is 0.683. The van der Waals surface area contributed by atoms with Gasteiger partial charge in [-0.3, -0.25) is 0 Å². The molecule has 2 heterocycles. The van der Waals surface area contributed by atoms with Gasteiger partial charge in [0.25, 0.3) is 0 Å². The fraction of sp³-hybridized carbons (Fsp3) is 0.250. The van der Waals surface area contributed by atoms with Gasteiger partial charge in [0, 0.05) is 33.6 Å². The van der Waals surface area contributed by atoms with Crippen LogP contribution in [0.25, 0.3) is 17.0 Å². The number of halogens is 1. The Labute approximate surface area is 156 Å². The van der Waals surface area contributed by atoms with Crippen LogP contribution in [-0.2, 0) is 7.05 Å². The number of allylic oxidation sites excluding steroid dienone is 1. The number of aromatic nitrogens is 2. The summed E-state index contributed by atoms with van der Waals surface area (Å²) in [4.78, 5) is 7.26. The van der Waals surface area contributed by atoms with Gasteiger partial charge in [-0.15, -0.1) is 0 Å². The first-order valence-electron chi connectivity index (χ1n) is 8.38. The summed E-state index contributed by atoms with van der Waals surface area (Å²) >= 11 is 7.74. The molecule has 0 aromatic heterocycles. The molecule has 1 atom stereocenters. The molecule has 128 valence electrons. The fourth-order valence-electron chi connectivity index (χ4n) is 3.18. The number of aryl methyl sites for hydroxylation is 1. The zero-order valence-electron chi connectivity index (χ0n) is 13.9. The second-order valence-corrected chi connectivity index (χ2v) is 7.88. The van der Waals surface area contributed by atoms with Gasteiger partial charge in [-0.1, -0.05) is 29.4 Å². The molecule has 0 fully saturated rings. The van der Waals surface area contributed by atoms with Crippen LogP contribution in [0.2, 0.25) is 5.02 Å². The number of nitrogens with zero attached hydrogens (tertiary/aromatic N) is 2. The van der Waals surface area contributed by atoms with E-state index in [1.165, 1.54) is 10.5 Å². The lowest BCUT2D eigenvalue weighted by Crippen LogP contribution is -2.10. The lowest BCUT2D eigenvalue weighted by molar-refractivity contribution is 0.166. The number of benzene rings is 1. The third-order valence-electron chi connectivity index (χ3n) is 4.55. The van der Waals surface area contributed by atoms with Gasteiger partial charge in [0.15, 0.2) is 0 Å². The van der Waals surface area contributed by atoms with Gasteiger partial charge >= 0.3 is 0 Å². The molecule has 0 saturated heterocycles. The average molecular weight is 371 g/mol. The van der Waals surface area contributed by atoms with Crippen molar-refractivity contribution in [2.45, 2.75) is 35.2 Å². The van der Waals surface area contributed by atoms with Crippen molar-refractivity contribution in [1.29, 1.82) is 0 Å². The maximum Gasteiger partial charge on any atom is 0.141 e. The minimum Gasteiger partial charge on any atom is -0.393 e. The summed E-state index contributed by atoms with van der Waals surface area (Å²) in [6.45, 7) is 0. The van der Waals surface area contributed by atoms with Gasteiger partial charge in [0.1, 0.15) is 5.82 Å². The number of hydrogen-bond donors (Lipinski definition) is 1. The first-order valence-corrected chi connectivity index (χ1v) is 9.57. The van der Waals surface area contributed by atoms with Crippen LogP contribution in [0, 0.1) is 0 Å². The molecule has 2 aliphatic heterocycles. The van der Waals surface area contributed by atoms with Crippen LogP contribution in [0.5, 0.6) is 0 Å². The standard InChI is InChI=1S/C20H19ClN2OS/c1-23-12-2-3-17-19(25-16-10-6-14(21)7-11-16)18(22-20(17)23)13-4-8-15(24)9-5-13/h2-4,6-7,10-12,15,24H,5,8-9H2,1H3. The summed E-state index contributed by atoms with van der Waals surface area (Å²) in [5.74, 6) is 0.987. The van der Waals surface area contributed by atoms with Crippen LogP contribution in [0.3, 0.4) is 0 Å². The maximum atomic E-state index is 9.80. The molecular formula is C20H19ClN2OS. The summed E-state index contributed by atoms with van der Waals surface area (Å²) in [7, 11) is 2.02. The molecule has 3 nitrogen and oxygen atoms in total. The van der Waals surface area contributed by atoms with Crippen molar-refractivity contribution in [3.05, 3.63) is 59.4 Å². The lowest BCUT2D eigenvalue weighted by Gasteiger charge is -2.17. The molecule has 5 heteroatoms. The molecule has 0 amide bonds. The number of aliphatic hydroxyl groups excluding tert-OH is 1.